The quantitative estimate of drug-likeness (QED) is 0.805. The minimum Gasteiger partial charge on any atom is -0.306 e. The van der Waals surface area contributed by atoms with Gasteiger partial charge in [0.05, 0.1) is 6.04 Å². The van der Waals surface area contributed by atoms with Crippen molar-refractivity contribution in [3.05, 3.63) is 65.0 Å². The molecule has 2 nitrogen and oxygen atoms in total. The minimum absolute atomic E-state index is 0.299. The standard InChI is InChI=1S/C15H16N2/c1-11-2-4-13(5-3-11)15-14-10-16-8-6-12(14)7-9-17-15/h2-6,8,10,15,17H,7,9H2,1H3. The Hall–Kier alpha value is -1.67. The fourth-order valence-electron chi connectivity index (χ4n) is 2.44. The molecule has 0 radical (unpaired) electrons. The largest absolute Gasteiger partial charge is 0.306 e. The summed E-state index contributed by atoms with van der Waals surface area (Å²) in [6.07, 6.45) is 4.97. The molecule has 0 amide bonds. The third-order valence-corrected chi connectivity index (χ3v) is 3.41. The number of aryl methyl sites for hydroxylation is 1. The van der Waals surface area contributed by atoms with Gasteiger partial charge in [0.15, 0.2) is 0 Å². The maximum Gasteiger partial charge on any atom is 0.0594 e. The summed E-state index contributed by atoms with van der Waals surface area (Å²) in [5.41, 5.74) is 5.37. The molecule has 2 heterocycles. The van der Waals surface area contributed by atoms with E-state index in [1.165, 1.54) is 22.3 Å². The number of rotatable bonds is 1. The van der Waals surface area contributed by atoms with Crippen LogP contribution in [0.2, 0.25) is 0 Å². The van der Waals surface area contributed by atoms with Crippen LogP contribution in [-0.4, -0.2) is 11.5 Å². The van der Waals surface area contributed by atoms with Gasteiger partial charge in [0.25, 0.3) is 0 Å². The predicted octanol–water partition coefficient (Wildman–Crippen LogP) is 2.63. The van der Waals surface area contributed by atoms with Crippen molar-refractivity contribution in [2.24, 2.45) is 0 Å². The summed E-state index contributed by atoms with van der Waals surface area (Å²) >= 11 is 0. The first kappa shape index (κ1) is 10.5. The summed E-state index contributed by atoms with van der Waals surface area (Å²) in [7, 11) is 0. The van der Waals surface area contributed by atoms with Gasteiger partial charge < -0.3 is 5.32 Å². The molecule has 0 aliphatic carbocycles. The summed E-state index contributed by atoms with van der Waals surface area (Å²) in [5, 5.41) is 3.57. The van der Waals surface area contributed by atoms with Crippen LogP contribution in [0.1, 0.15) is 28.3 Å². The Morgan fingerprint density at radius 2 is 2.00 bits per heavy atom. The molecule has 0 saturated heterocycles. The Morgan fingerprint density at radius 3 is 2.82 bits per heavy atom. The SMILES string of the molecule is Cc1ccc(C2NCCc3ccncc32)cc1. The molecule has 1 aromatic heterocycles. The van der Waals surface area contributed by atoms with Crippen LogP contribution in [0.5, 0.6) is 0 Å². The molecule has 1 aliphatic rings. The molecular formula is C15H16N2. The van der Waals surface area contributed by atoms with Crippen LogP contribution in [0, 0.1) is 6.92 Å². The van der Waals surface area contributed by atoms with E-state index >= 15 is 0 Å². The van der Waals surface area contributed by atoms with E-state index in [-0.39, 0.29) is 0 Å². The fraction of sp³-hybridized carbons (Fsp3) is 0.267. The summed E-state index contributed by atoms with van der Waals surface area (Å²) in [5.74, 6) is 0. The number of fused-ring (bicyclic) bond motifs is 1. The van der Waals surface area contributed by atoms with Crippen molar-refractivity contribution in [3.8, 4) is 0 Å². The maximum absolute atomic E-state index is 4.25. The van der Waals surface area contributed by atoms with Crippen molar-refractivity contribution in [3.63, 3.8) is 0 Å². The van der Waals surface area contributed by atoms with Crippen LogP contribution < -0.4 is 5.32 Å². The van der Waals surface area contributed by atoms with Gasteiger partial charge in [-0.3, -0.25) is 4.98 Å². The maximum atomic E-state index is 4.25. The second-order valence-electron chi connectivity index (χ2n) is 4.62. The van der Waals surface area contributed by atoms with Crippen LogP contribution in [0.4, 0.5) is 0 Å². The Morgan fingerprint density at radius 1 is 1.18 bits per heavy atom. The second-order valence-corrected chi connectivity index (χ2v) is 4.62. The van der Waals surface area contributed by atoms with Gasteiger partial charge >= 0.3 is 0 Å². The van der Waals surface area contributed by atoms with E-state index < -0.39 is 0 Å². The zero-order valence-electron chi connectivity index (χ0n) is 9.98. The van der Waals surface area contributed by atoms with Gasteiger partial charge in [-0.1, -0.05) is 29.8 Å². The van der Waals surface area contributed by atoms with Crippen molar-refractivity contribution in [1.82, 2.24) is 10.3 Å². The Balaban J connectivity index is 2.03. The highest BCUT2D eigenvalue weighted by Gasteiger charge is 2.20. The molecule has 1 aliphatic heterocycles. The fourth-order valence-corrected chi connectivity index (χ4v) is 2.44. The molecule has 17 heavy (non-hydrogen) atoms. The molecule has 2 aromatic rings. The lowest BCUT2D eigenvalue weighted by Gasteiger charge is -2.26. The molecule has 2 heteroatoms. The van der Waals surface area contributed by atoms with Crippen molar-refractivity contribution < 1.29 is 0 Å². The molecule has 0 fully saturated rings. The normalized spacial score (nSPS) is 18.8. The van der Waals surface area contributed by atoms with Crippen molar-refractivity contribution in [1.29, 1.82) is 0 Å². The molecule has 0 spiro atoms. The summed E-state index contributed by atoms with van der Waals surface area (Å²) in [6, 6.07) is 11.2. The van der Waals surface area contributed by atoms with Gasteiger partial charge in [-0.25, -0.2) is 0 Å². The summed E-state index contributed by atoms with van der Waals surface area (Å²) in [6.45, 7) is 3.16. The summed E-state index contributed by atoms with van der Waals surface area (Å²) < 4.78 is 0. The number of pyridine rings is 1. The molecule has 1 atom stereocenters. The van der Waals surface area contributed by atoms with E-state index in [2.05, 4.69) is 47.6 Å². The Labute approximate surface area is 102 Å². The Kier molecular flexibility index (Phi) is 2.65. The average molecular weight is 224 g/mol. The molecule has 1 aromatic carbocycles. The predicted molar refractivity (Wildman–Crippen MR) is 69.0 cm³/mol. The Bertz CT molecular complexity index is 517. The monoisotopic (exact) mass is 224 g/mol. The topological polar surface area (TPSA) is 24.9 Å². The van der Waals surface area contributed by atoms with Gasteiger partial charge in [0.1, 0.15) is 0 Å². The first-order valence-electron chi connectivity index (χ1n) is 6.07. The van der Waals surface area contributed by atoms with Crippen molar-refractivity contribution in [2.75, 3.05) is 6.54 Å². The molecule has 86 valence electrons. The highest BCUT2D eigenvalue weighted by molar-refractivity contribution is 5.38. The highest BCUT2D eigenvalue weighted by Crippen LogP contribution is 2.27. The molecule has 0 saturated carbocycles. The smallest absolute Gasteiger partial charge is 0.0594 e. The highest BCUT2D eigenvalue weighted by atomic mass is 14.9. The first-order chi connectivity index (χ1) is 8.34. The third-order valence-electron chi connectivity index (χ3n) is 3.41. The van der Waals surface area contributed by atoms with Gasteiger partial charge in [-0.05, 0) is 36.1 Å². The zero-order valence-corrected chi connectivity index (χ0v) is 9.98. The second kappa shape index (κ2) is 4.30. The van der Waals surface area contributed by atoms with Crippen LogP contribution in [0.3, 0.4) is 0 Å². The molecule has 3 rings (SSSR count). The number of hydrogen-bond acceptors (Lipinski definition) is 2. The lowest BCUT2D eigenvalue weighted by atomic mass is 9.91. The van der Waals surface area contributed by atoms with Gasteiger partial charge in [0, 0.05) is 18.9 Å². The number of benzene rings is 1. The summed E-state index contributed by atoms with van der Waals surface area (Å²) in [4.78, 5) is 4.25. The molecule has 1 unspecified atom stereocenters. The zero-order chi connectivity index (χ0) is 11.7. The van der Waals surface area contributed by atoms with Gasteiger partial charge in [0.2, 0.25) is 0 Å². The van der Waals surface area contributed by atoms with E-state index in [4.69, 9.17) is 0 Å². The first-order valence-corrected chi connectivity index (χ1v) is 6.07. The number of nitrogens with zero attached hydrogens (tertiary/aromatic N) is 1. The third kappa shape index (κ3) is 1.96. The number of nitrogens with one attached hydrogen (secondary N) is 1. The molecule has 1 N–H and O–H groups in total. The number of hydrogen-bond donors (Lipinski definition) is 1. The van der Waals surface area contributed by atoms with Gasteiger partial charge in [-0.15, -0.1) is 0 Å². The lowest BCUT2D eigenvalue weighted by Crippen LogP contribution is -2.30. The van der Waals surface area contributed by atoms with Crippen LogP contribution in [0.15, 0.2) is 42.7 Å². The van der Waals surface area contributed by atoms with Crippen molar-refractivity contribution in [2.45, 2.75) is 19.4 Å². The van der Waals surface area contributed by atoms with E-state index in [9.17, 15) is 0 Å². The van der Waals surface area contributed by atoms with Crippen molar-refractivity contribution >= 4 is 0 Å². The van der Waals surface area contributed by atoms with E-state index in [0.717, 1.165) is 13.0 Å². The molecular weight excluding hydrogens is 208 g/mol. The van der Waals surface area contributed by atoms with E-state index in [1.807, 2.05) is 12.4 Å². The average Bonchev–Trinajstić information content (AvgIpc) is 2.39. The molecule has 0 bridgehead atoms. The van der Waals surface area contributed by atoms with E-state index in [1.54, 1.807) is 0 Å². The minimum atomic E-state index is 0.299. The van der Waals surface area contributed by atoms with Gasteiger partial charge in [-0.2, -0.15) is 0 Å². The van der Waals surface area contributed by atoms with Crippen LogP contribution in [0.25, 0.3) is 0 Å². The lowest BCUT2D eigenvalue weighted by molar-refractivity contribution is 0.565. The van der Waals surface area contributed by atoms with E-state index in [0.29, 0.717) is 6.04 Å². The van der Waals surface area contributed by atoms with Crippen LogP contribution in [-0.2, 0) is 6.42 Å². The van der Waals surface area contributed by atoms with Crippen LogP contribution >= 0.6 is 0 Å². The number of aromatic nitrogens is 1.